The molecule has 4 rings (SSSR count). The molecule has 2 aromatic carbocycles. The summed E-state index contributed by atoms with van der Waals surface area (Å²) in [7, 11) is 0. The maximum Gasteiger partial charge on any atom is 0.255 e. The molecule has 0 atom stereocenters. The first kappa shape index (κ1) is 17.7. The molecule has 0 saturated carbocycles. The van der Waals surface area contributed by atoms with Gasteiger partial charge in [-0.1, -0.05) is 30.3 Å². The van der Waals surface area contributed by atoms with E-state index in [1.807, 2.05) is 59.5 Å². The SMILES string of the molecule is O=C(c1ccccc1SCc1nnnn1-c1ccccc1)N1CCNCC1. The molecule has 8 heteroatoms. The van der Waals surface area contributed by atoms with E-state index in [1.54, 1.807) is 16.4 Å². The van der Waals surface area contributed by atoms with Gasteiger partial charge in [0.1, 0.15) is 0 Å². The smallest absolute Gasteiger partial charge is 0.255 e. The van der Waals surface area contributed by atoms with Gasteiger partial charge in [0.2, 0.25) is 0 Å². The maximum absolute atomic E-state index is 12.9. The number of thioether (sulfide) groups is 1. The largest absolute Gasteiger partial charge is 0.336 e. The minimum absolute atomic E-state index is 0.0854. The molecule has 0 bridgehead atoms. The average molecular weight is 380 g/mol. The van der Waals surface area contributed by atoms with E-state index < -0.39 is 0 Å². The Labute approximate surface area is 161 Å². The second-order valence-corrected chi connectivity index (χ2v) is 7.19. The summed E-state index contributed by atoms with van der Waals surface area (Å²) < 4.78 is 1.73. The zero-order valence-corrected chi connectivity index (χ0v) is 15.6. The molecule has 1 aliphatic heterocycles. The Morgan fingerprint density at radius 1 is 1.04 bits per heavy atom. The molecule has 1 fully saturated rings. The van der Waals surface area contributed by atoms with Crippen molar-refractivity contribution in [1.82, 2.24) is 30.4 Å². The molecule has 3 aromatic rings. The molecule has 1 amide bonds. The number of amides is 1. The molecule has 138 valence electrons. The third kappa shape index (κ3) is 4.01. The Balaban J connectivity index is 1.52. The van der Waals surface area contributed by atoms with E-state index in [2.05, 4.69) is 20.8 Å². The fourth-order valence-electron chi connectivity index (χ4n) is 3.02. The lowest BCUT2D eigenvalue weighted by Gasteiger charge is -2.28. The number of benzene rings is 2. The van der Waals surface area contributed by atoms with Gasteiger partial charge in [0.05, 0.1) is 17.0 Å². The summed E-state index contributed by atoms with van der Waals surface area (Å²) in [6.45, 7) is 3.16. The van der Waals surface area contributed by atoms with Gasteiger partial charge >= 0.3 is 0 Å². The molecule has 1 aromatic heterocycles. The molecule has 0 unspecified atom stereocenters. The fraction of sp³-hybridized carbons (Fsp3) is 0.263. The highest BCUT2D eigenvalue weighted by molar-refractivity contribution is 7.98. The molecule has 7 nitrogen and oxygen atoms in total. The van der Waals surface area contributed by atoms with Crippen molar-refractivity contribution < 1.29 is 4.79 Å². The minimum Gasteiger partial charge on any atom is -0.336 e. The van der Waals surface area contributed by atoms with E-state index in [0.29, 0.717) is 5.75 Å². The van der Waals surface area contributed by atoms with Crippen LogP contribution in [0.2, 0.25) is 0 Å². The Morgan fingerprint density at radius 3 is 2.59 bits per heavy atom. The van der Waals surface area contributed by atoms with Crippen molar-refractivity contribution in [3.63, 3.8) is 0 Å². The van der Waals surface area contributed by atoms with Crippen LogP contribution in [0, 0.1) is 0 Å². The third-order valence-corrected chi connectivity index (χ3v) is 5.48. The molecule has 27 heavy (non-hydrogen) atoms. The number of carbonyl (C=O) groups is 1. The Kier molecular flexibility index (Phi) is 5.45. The molecule has 1 N–H and O–H groups in total. The Hall–Kier alpha value is -2.71. The Morgan fingerprint density at radius 2 is 1.78 bits per heavy atom. The summed E-state index contributed by atoms with van der Waals surface area (Å²) in [6.07, 6.45) is 0. The number of para-hydroxylation sites is 1. The van der Waals surface area contributed by atoms with Gasteiger partial charge in [-0.3, -0.25) is 4.79 Å². The van der Waals surface area contributed by atoms with Gasteiger partial charge in [0.25, 0.3) is 5.91 Å². The van der Waals surface area contributed by atoms with Crippen LogP contribution in [0.4, 0.5) is 0 Å². The summed E-state index contributed by atoms with van der Waals surface area (Å²) in [5.41, 5.74) is 1.66. The highest BCUT2D eigenvalue weighted by Crippen LogP contribution is 2.27. The third-order valence-electron chi connectivity index (χ3n) is 4.41. The molecule has 0 radical (unpaired) electrons. The van der Waals surface area contributed by atoms with Crippen molar-refractivity contribution in [3.8, 4) is 5.69 Å². The van der Waals surface area contributed by atoms with Crippen LogP contribution in [0.5, 0.6) is 0 Å². The van der Waals surface area contributed by atoms with Crippen molar-refractivity contribution in [3.05, 3.63) is 66.0 Å². The summed E-state index contributed by atoms with van der Waals surface area (Å²) in [5, 5.41) is 15.3. The van der Waals surface area contributed by atoms with E-state index in [9.17, 15) is 4.79 Å². The lowest BCUT2D eigenvalue weighted by molar-refractivity contribution is 0.0732. The van der Waals surface area contributed by atoms with E-state index in [0.717, 1.165) is 48.1 Å². The maximum atomic E-state index is 12.9. The van der Waals surface area contributed by atoms with Crippen LogP contribution in [0.25, 0.3) is 5.69 Å². The van der Waals surface area contributed by atoms with Crippen molar-refractivity contribution in [2.75, 3.05) is 26.2 Å². The van der Waals surface area contributed by atoms with E-state index in [1.165, 1.54) is 0 Å². The van der Waals surface area contributed by atoms with Gasteiger partial charge in [-0.05, 0) is 34.7 Å². The van der Waals surface area contributed by atoms with Crippen molar-refractivity contribution >= 4 is 17.7 Å². The van der Waals surface area contributed by atoms with Crippen molar-refractivity contribution in [1.29, 1.82) is 0 Å². The summed E-state index contributed by atoms with van der Waals surface area (Å²) in [4.78, 5) is 15.8. The lowest BCUT2D eigenvalue weighted by Crippen LogP contribution is -2.46. The van der Waals surface area contributed by atoms with Crippen LogP contribution in [-0.4, -0.2) is 57.2 Å². The summed E-state index contributed by atoms with van der Waals surface area (Å²) in [6, 6.07) is 17.5. The number of hydrogen-bond acceptors (Lipinski definition) is 6. The highest BCUT2D eigenvalue weighted by atomic mass is 32.2. The van der Waals surface area contributed by atoms with Crippen LogP contribution >= 0.6 is 11.8 Å². The first-order valence-electron chi connectivity index (χ1n) is 8.87. The second-order valence-electron chi connectivity index (χ2n) is 6.17. The average Bonchev–Trinajstić information content (AvgIpc) is 3.22. The number of nitrogens with zero attached hydrogens (tertiary/aromatic N) is 5. The number of carbonyl (C=O) groups excluding carboxylic acids is 1. The minimum atomic E-state index is 0.0854. The second kappa shape index (κ2) is 8.32. The highest BCUT2D eigenvalue weighted by Gasteiger charge is 2.21. The number of hydrogen-bond donors (Lipinski definition) is 1. The van der Waals surface area contributed by atoms with Gasteiger partial charge in [0.15, 0.2) is 5.82 Å². The van der Waals surface area contributed by atoms with E-state index in [-0.39, 0.29) is 5.91 Å². The molecule has 0 aliphatic carbocycles. The van der Waals surface area contributed by atoms with Crippen LogP contribution in [0.15, 0.2) is 59.5 Å². The first-order chi connectivity index (χ1) is 13.3. The number of piperazine rings is 1. The quantitative estimate of drug-likeness (QED) is 0.683. The lowest BCUT2D eigenvalue weighted by atomic mass is 10.2. The molecule has 2 heterocycles. The standard InChI is InChI=1S/C19H20N6OS/c26-19(24-12-10-20-11-13-24)16-8-4-5-9-17(16)27-14-18-21-22-23-25(18)15-6-2-1-3-7-15/h1-9,20H,10-14H2. The van der Waals surface area contributed by atoms with Gasteiger partial charge in [-0.25, -0.2) is 0 Å². The van der Waals surface area contributed by atoms with Crippen molar-refractivity contribution in [2.24, 2.45) is 0 Å². The number of aromatic nitrogens is 4. The molecular formula is C19H20N6OS. The van der Waals surface area contributed by atoms with Crippen LogP contribution in [-0.2, 0) is 5.75 Å². The number of nitrogens with one attached hydrogen (secondary N) is 1. The summed E-state index contributed by atoms with van der Waals surface area (Å²) >= 11 is 1.58. The Bertz CT molecular complexity index is 907. The molecular weight excluding hydrogens is 360 g/mol. The summed E-state index contributed by atoms with van der Waals surface area (Å²) in [5.74, 6) is 1.41. The van der Waals surface area contributed by atoms with E-state index in [4.69, 9.17) is 0 Å². The zero-order chi connectivity index (χ0) is 18.5. The van der Waals surface area contributed by atoms with Gasteiger partial charge in [0, 0.05) is 31.1 Å². The van der Waals surface area contributed by atoms with E-state index >= 15 is 0 Å². The first-order valence-corrected chi connectivity index (χ1v) is 9.86. The van der Waals surface area contributed by atoms with Gasteiger partial charge in [-0.2, -0.15) is 4.68 Å². The number of tetrazole rings is 1. The normalized spacial score (nSPS) is 14.3. The number of rotatable bonds is 5. The predicted molar refractivity (Wildman–Crippen MR) is 104 cm³/mol. The predicted octanol–water partition coefficient (Wildman–Crippen LogP) is 2.00. The molecule has 1 saturated heterocycles. The topological polar surface area (TPSA) is 75.9 Å². The monoisotopic (exact) mass is 380 g/mol. The zero-order valence-electron chi connectivity index (χ0n) is 14.8. The molecule has 0 spiro atoms. The molecule has 1 aliphatic rings. The van der Waals surface area contributed by atoms with Gasteiger partial charge < -0.3 is 10.2 Å². The van der Waals surface area contributed by atoms with Crippen LogP contribution < -0.4 is 5.32 Å². The fourth-order valence-corrected chi connectivity index (χ4v) is 3.97. The van der Waals surface area contributed by atoms with Crippen molar-refractivity contribution in [2.45, 2.75) is 10.6 Å². The van der Waals surface area contributed by atoms with Crippen LogP contribution in [0.3, 0.4) is 0 Å². The van der Waals surface area contributed by atoms with Crippen LogP contribution in [0.1, 0.15) is 16.2 Å². The van der Waals surface area contributed by atoms with Gasteiger partial charge in [-0.15, -0.1) is 16.9 Å².